The lowest BCUT2D eigenvalue weighted by Gasteiger charge is -2.14. The van der Waals surface area contributed by atoms with Crippen LogP contribution in [0.3, 0.4) is 0 Å². The number of aromatic nitrogens is 2. The number of aliphatic hydroxyl groups is 1. The van der Waals surface area contributed by atoms with E-state index in [0.29, 0.717) is 23.6 Å². The van der Waals surface area contributed by atoms with Crippen LogP contribution in [0.4, 0.5) is 0 Å². The third kappa shape index (κ3) is 2.88. The second-order valence-corrected chi connectivity index (χ2v) is 5.04. The Labute approximate surface area is 116 Å². The van der Waals surface area contributed by atoms with Gasteiger partial charge in [0.05, 0.1) is 36.6 Å². The van der Waals surface area contributed by atoms with Gasteiger partial charge in [-0.25, -0.2) is 0 Å². The van der Waals surface area contributed by atoms with Gasteiger partial charge in [0.1, 0.15) is 6.54 Å². The predicted molar refractivity (Wildman–Crippen MR) is 70.5 cm³/mol. The van der Waals surface area contributed by atoms with E-state index in [1.165, 1.54) is 11.6 Å². The van der Waals surface area contributed by atoms with E-state index < -0.39 is 6.10 Å². The number of rotatable bonds is 4. The molecule has 0 unspecified atom stereocenters. The molecule has 7 nitrogen and oxygen atoms in total. The highest BCUT2D eigenvalue weighted by Crippen LogP contribution is 2.13. The first-order chi connectivity index (χ1) is 9.40. The van der Waals surface area contributed by atoms with Crippen molar-refractivity contribution >= 4 is 11.7 Å². The zero-order valence-electron chi connectivity index (χ0n) is 11.8. The summed E-state index contributed by atoms with van der Waals surface area (Å²) in [7, 11) is 0. The summed E-state index contributed by atoms with van der Waals surface area (Å²) in [5.41, 5.74) is 1.85. The van der Waals surface area contributed by atoms with E-state index in [4.69, 9.17) is 4.74 Å². The minimum Gasteiger partial charge on any atom is -0.388 e. The maximum Gasteiger partial charge on any atom is 0.242 e. The summed E-state index contributed by atoms with van der Waals surface area (Å²) in [5.74, 6) is -0.327. The number of ether oxygens (including phenoxy) is 1. The Balaban J connectivity index is 2.05. The fourth-order valence-electron chi connectivity index (χ4n) is 2.43. The molecule has 1 aromatic rings. The molecule has 0 spiro atoms. The Morgan fingerprint density at radius 1 is 1.45 bits per heavy atom. The molecule has 1 saturated heterocycles. The van der Waals surface area contributed by atoms with Crippen molar-refractivity contribution in [1.82, 2.24) is 15.1 Å². The Morgan fingerprint density at radius 2 is 2.15 bits per heavy atom. The monoisotopic (exact) mass is 281 g/mol. The van der Waals surface area contributed by atoms with Crippen molar-refractivity contribution < 1.29 is 19.4 Å². The second-order valence-electron chi connectivity index (χ2n) is 5.04. The van der Waals surface area contributed by atoms with Gasteiger partial charge in [-0.2, -0.15) is 5.10 Å². The van der Waals surface area contributed by atoms with Crippen LogP contribution in [0.1, 0.15) is 28.7 Å². The van der Waals surface area contributed by atoms with Gasteiger partial charge in [0.15, 0.2) is 5.78 Å². The Morgan fingerprint density at radius 3 is 2.65 bits per heavy atom. The van der Waals surface area contributed by atoms with Gasteiger partial charge < -0.3 is 15.2 Å². The van der Waals surface area contributed by atoms with Crippen molar-refractivity contribution in [3.05, 3.63) is 17.0 Å². The number of nitrogens with one attached hydrogen (secondary N) is 1. The zero-order valence-corrected chi connectivity index (χ0v) is 11.8. The number of hydrogen-bond acceptors (Lipinski definition) is 5. The van der Waals surface area contributed by atoms with Crippen LogP contribution in [-0.4, -0.2) is 51.9 Å². The summed E-state index contributed by atoms with van der Waals surface area (Å²) < 4.78 is 6.57. The summed E-state index contributed by atoms with van der Waals surface area (Å²) in [5, 5.41) is 16.5. The molecule has 2 atom stereocenters. The molecule has 1 aliphatic rings. The molecule has 0 bridgehead atoms. The van der Waals surface area contributed by atoms with Crippen LogP contribution in [0.2, 0.25) is 0 Å². The third-order valence-electron chi connectivity index (χ3n) is 3.42. The molecular formula is C13H19N3O4. The van der Waals surface area contributed by atoms with Crippen LogP contribution in [0.5, 0.6) is 0 Å². The number of carbonyl (C=O) groups is 2. The normalized spacial score (nSPS) is 22.0. The second kappa shape index (κ2) is 5.72. The van der Waals surface area contributed by atoms with Crippen molar-refractivity contribution in [3.8, 4) is 0 Å². The Hall–Kier alpha value is -1.73. The van der Waals surface area contributed by atoms with Gasteiger partial charge in [0, 0.05) is 5.69 Å². The van der Waals surface area contributed by atoms with Crippen molar-refractivity contribution in [2.45, 2.75) is 39.5 Å². The molecule has 110 valence electrons. The van der Waals surface area contributed by atoms with E-state index in [1.807, 2.05) is 0 Å². The van der Waals surface area contributed by atoms with E-state index in [2.05, 4.69) is 10.4 Å². The van der Waals surface area contributed by atoms with E-state index >= 15 is 0 Å². The highest BCUT2D eigenvalue weighted by atomic mass is 16.5. The number of ketones is 1. The number of aryl methyl sites for hydroxylation is 1. The molecule has 1 fully saturated rings. The first kappa shape index (κ1) is 14.7. The zero-order chi connectivity index (χ0) is 14.9. The van der Waals surface area contributed by atoms with Gasteiger partial charge in [0.2, 0.25) is 5.91 Å². The molecule has 0 radical (unpaired) electrons. The van der Waals surface area contributed by atoms with Crippen molar-refractivity contribution in [2.24, 2.45) is 0 Å². The van der Waals surface area contributed by atoms with Crippen LogP contribution in [-0.2, 0) is 16.1 Å². The standard InChI is InChI=1S/C13H19N3O4/c1-7-13(9(3)17)8(2)16(15-7)4-12(19)14-10-5-20-6-11(10)18/h10-11,18H,4-6H2,1-3H3,(H,14,19)/t10-,11-/m0/s1. The minimum atomic E-state index is -0.674. The van der Waals surface area contributed by atoms with E-state index in [9.17, 15) is 14.7 Å². The highest BCUT2D eigenvalue weighted by Gasteiger charge is 2.28. The van der Waals surface area contributed by atoms with E-state index in [-0.39, 0.29) is 30.9 Å². The molecule has 0 saturated carbocycles. The molecule has 0 aliphatic carbocycles. The predicted octanol–water partition coefficient (Wildman–Crippen LogP) is -0.422. The van der Waals surface area contributed by atoms with Gasteiger partial charge >= 0.3 is 0 Å². The molecule has 2 rings (SSSR count). The first-order valence-electron chi connectivity index (χ1n) is 6.50. The molecule has 1 aliphatic heterocycles. The summed E-state index contributed by atoms with van der Waals surface area (Å²) in [6.07, 6.45) is -0.674. The number of amides is 1. The quantitative estimate of drug-likeness (QED) is 0.731. The number of Topliss-reactive ketones (excluding diaryl/α,β-unsaturated/α-hetero) is 1. The highest BCUT2D eigenvalue weighted by molar-refractivity contribution is 5.96. The number of nitrogens with zero attached hydrogens (tertiary/aromatic N) is 2. The van der Waals surface area contributed by atoms with Gasteiger partial charge in [0.25, 0.3) is 0 Å². The van der Waals surface area contributed by atoms with Gasteiger partial charge in [-0.05, 0) is 20.8 Å². The molecule has 0 aromatic carbocycles. The van der Waals surface area contributed by atoms with E-state index in [1.54, 1.807) is 13.8 Å². The van der Waals surface area contributed by atoms with Gasteiger partial charge in [-0.3, -0.25) is 14.3 Å². The SMILES string of the molecule is CC(=O)c1c(C)nn(CC(=O)N[C@H]2COC[C@@H]2O)c1C. The van der Waals surface area contributed by atoms with Crippen LogP contribution < -0.4 is 5.32 Å². The maximum atomic E-state index is 11.9. The fourth-order valence-corrected chi connectivity index (χ4v) is 2.43. The number of aliphatic hydroxyl groups excluding tert-OH is 1. The van der Waals surface area contributed by atoms with Crippen molar-refractivity contribution in [2.75, 3.05) is 13.2 Å². The summed E-state index contributed by atoms with van der Waals surface area (Å²) in [4.78, 5) is 23.4. The number of hydrogen-bond donors (Lipinski definition) is 2. The van der Waals surface area contributed by atoms with Crippen LogP contribution in [0, 0.1) is 13.8 Å². The van der Waals surface area contributed by atoms with Crippen LogP contribution in [0.15, 0.2) is 0 Å². The molecular weight excluding hydrogens is 262 g/mol. The van der Waals surface area contributed by atoms with E-state index in [0.717, 1.165) is 0 Å². The Bertz CT molecular complexity index is 538. The lowest BCUT2D eigenvalue weighted by Crippen LogP contribution is -2.44. The third-order valence-corrected chi connectivity index (χ3v) is 3.42. The topological polar surface area (TPSA) is 93.5 Å². The smallest absolute Gasteiger partial charge is 0.242 e. The van der Waals surface area contributed by atoms with Gasteiger partial charge in [-0.1, -0.05) is 0 Å². The van der Waals surface area contributed by atoms with Crippen molar-refractivity contribution in [3.63, 3.8) is 0 Å². The van der Waals surface area contributed by atoms with Crippen molar-refractivity contribution in [1.29, 1.82) is 0 Å². The first-order valence-corrected chi connectivity index (χ1v) is 6.50. The fraction of sp³-hybridized carbons (Fsp3) is 0.615. The molecule has 2 N–H and O–H groups in total. The van der Waals surface area contributed by atoms with Crippen LogP contribution in [0.25, 0.3) is 0 Å². The average Bonchev–Trinajstić information content (AvgIpc) is 2.84. The minimum absolute atomic E-state index is 0.0170. The Kier molecular flexibility index (Phi) is 4.20. The largest absolute Gasteiger partial charge is 0.388 e. The number of carbonyl (C=O) groups excluding carboxylic acids is 2. The molecule has 20 heavy (non-hydrogen) atoms. The van der Waals surface area contributed by atoms with Gasteiger partial charge in [-0.15, -0.1) is 0 Å². The summed E-state index contributed by atoms with van der Waals surface area (Å²) in [6.45, 7) is 5.54. The molecule has 1 amide bonds. The average molecular weight is 281 g/mol. The van der Waals surface area contributed by atoms with Crippen LogP contribution >= 0.6 is 0 Å². The lowest BCUT2D eigenvalue weighted by atomic mass is 10.1. The molecule has 1 aromatic heterocycles. The molecule has 7 heteroatoms. The lowest BCUT2D eigenvalue weighted by molar-refractivity contribution is -0.123. The summed E-state index contributed by atoms with van der Waals surface area (Å²) in [6, 6.07) is -0.383. The molecule has 2 heterocycles. The summed E-state index contributed by atoms with van der Waals surface area (Å²) >= 11 is 0. The maximum absolute atomic E-state index is 11.9.